The molecule has 0 saturated carbocycles. The van der Waals surface area contributed by atoms with Gasteiger partial charge in [0.25, 0.3) is 0 Å². The molecule has 3 rings (SSSR count). The van der Waals surface area contributed by atoms with Crippen molar-refractivity contribution in [2.45, 2.75) is 4.90 Å². The van der Waals surface area contributed by atoms with E-state index in [1.54, 1.807) is 35.6 Å². The third kappa shape index (κ3) is 4.23. The van der Waals surface area contributed by atoms with Gasteiger partial charge in [0.15, 0.2) is 15.0 Å². The van der Waals surface area contributed by atoms with E-state index in [1.807, 2.05) is 11.6 Å². The summed E-state index contributed by atoms with van der Waals surface area (Å²) in [6.45, 7) is 4.03. The second-order valence-electron chi connectivity index (χ2n) is 5.42. The van der Waals surface area contributed by atoms with Crippen LogP contribution in [-0.2, 0) is 9.84 Å². The van der Waals surface area contributed by atoms with Gasteiger partial charge in [-0.25, -0.2) is 13.4 Å². The molecule has 1 aromatic heterocycles. The van der Waals surface area contributed by atoms with Crippen molar-refractivity contribution in [2.75, 3.05) is 43.4 Å². The number of anilines is 1. The molecule has 1 aliphatic heterocycles. The van der Waals surface area contributed by atoms with Gasteiger partial charge in [0, 0.05) is 49.3 Å². The maximum absolute atomic E-state index is 12.3. The van der Waals surface area contributed by atoms with Crippen molar-refractivity contribution in [3.8, 4) is 0 Å². The number of aromatic nitrogens is 1. The molecule has 23 heavy (non-hydrogen) atoms. The molecular weight excluding hydrogens is 354 g/mol. The van der Waals surface area contributed by atoms with E-state index in [-0.39, 0.29) is 5.75 Å². The van der Waals surface area contributed by atoms with E-state index >= 15 is 0 Å². The molecule has 2 heterocycles. The van der Waals surface area contributed by atoms with E-state index in [2.05, 4.69) is 14.8 Å². The van der Waals surface area contributed by atoms with Crippen molar-refractivity contribution < 1.29 is 8.42 Å². The zero-order valence-electron chi connectivity index (χ0n) is 12.6. The second kappa shape index (κ2) is 7.17. The summed E-state index contributed by atoms with van der Waals surface area (Å²) < 4.78 is 24.7. The van der Waals surface area contributed by atoms with Gasteiger partial charge in [-0.2, -0.15) is 0 Å². The van der Waals surface area contributed by atoms with Gasteiger partial charge in [-0.05, 0) is 24.3 Å². The Bertz CT molecular complexity index is 725. The average molecular weight is 372 g/mol. The monoisotopic (exact) mass is 371 g/mol. The van der Waals surface area contributed by atoms with Crippen molar-refractivity contribution in [3.63, 3.8) is 0 Å². The zero-order chi connectivity index (χ0) is 16.3. The van der Waals surface area contributed by atoms with E-state index in [9.17, 15) is 8.42 Å². The highest BCUT2D eigenvalue weighted by molar-refractivity contribution is 7.91. The van der Waals surface area contributed by atoms with E-state index in [1.165, 1.54) is 0 Å². The van der Waals surface area contributed by atoms with Gasteiger partial charge < -0.3 is 4.90 Å². The van der Waals surface area contributed by atoms with Crippen LogP contribution in [-0.4, -0.2) is 56.8 Å². The molecule has 0 atom stereocenters. The number of nitrogens with zero attached hydrogens (tertiary/aromatic N) is 3. The Morgan fingerprint density at radius 2 is 1.83 bits per heavy atom. The van der Waals surface area contributed by atoms with Crippen molar-refractivity contribution in [1.82, 2.24) is 9.88 Å². The molecule has 1 fully saturated rings. The first kappa shape index (κ1) is 16.7. The van der Waals surface area contributed by atoms with Crippen LogP contribution in [0.3, 0.4) is 0 Å². The molecule has 0 unspecified atom stereocenters. The molecule has 0 amide bonds. The third-order valence-corrected chi connectivity index (χ3v) is 6.71. The predicted octanol–water partition coefficient (Wildman–Crippen LogP) is 2.39. The Morgan fingerprint density at radius 1 is 1.13 bits per heavy atom. The van der Waals surface area contributed by atoms with Crippen LogP contribution < -0.4 is 4.90 Å². The molecule has 0 spiro atoms. The first-order chi connectivity index (χ1) is 11.0. The van der Waals surface area contributed by atoms with Gasteiger partial charge in [-0.15, -0.1) is 11.3 Å². The molecular formula is C15H18ClN3O2S2. The summed E-state index contributed by atoms with van der Waals surface area (Å²) in [7, 11) is -3.26. The quantitative estimate of drug-likeness (QED) is 0.807. The van der Waals surface area contributed by atoms with E-state index in [4.69, 9.17) is 11.6 Å². The third-order valence-electron chi connectivity index (χ3n) is 3.91. The minimum absolute atomic E-state index is 0.131. The van der Waals surface area contributed by atoms with Crippen LogP contribution in [0.25, 0.3) is 0 Å². The molecule has 8 heteroatoms. The fourth-order valence-electron chi connectivity index (χ4n) is 2.54. The summed E-state index contributed by atoms with van der Waals surface area (Å²) in [5.41, 5.74) is 0. The lowest BCUT2D eigenvalue weighted by Crippen LogP contribution is -2.47. The normalized spacial score (nSPS) is 16.7. The molecule has 0 radical (unpaired) electrons. The van der Waals surface area contributed by atoms with E-state index in [0.717, 1.165) is 31.3 Å². The van der Waals surface area contributed by atoms with Gasteiger partial charge in [0.2, 0.25) is 0 Å². The summed E-state index contributed by atoms with van der Waals surface area (Å²) in [5, 5.41) is 3.56. The Hall–Kier alpha value is -1.15. The van der Waals surface area contributed by atoms with Crippen molar-refractivity contribution in [2.24, 2.45) is 0 Å². The fourth-order valence-corrected chi connectivity index (χ4v) is 4.65. The van der Waals surface area contributed by atoms with Crippen molar-refractivity contribution in [1.29, 1.82) is 0 Å². The number of halogens is 1. The molecule has 0 aliphatic carbocycles. The van der Waals surface area contributed by atoms with Gasteiger partial charge in [0.1, 0.15) is 0 Å². The van der Waals surface area contributed by atoms with E-state index < -0.39 is 9.84 Å². The predicted molar refractivity (Wildman–Crippen MR) is 94.3 cm³/mol. The molecule has 0 bridgehead atoms. The number of thiazole rings is 1. The molecule has 1 saturated heterocycles. The van der Waals surface area contributed by atoms with Crippen LogP contribution in [0.4, 0.5) is 5.13 Å². The lowest BCUT2D eigenvalue weighted by molar-refractivity contribution is 0.272. The maximum Gasteiger partial charge on any atom is 0.185 e. The minimum atomic E-state index is -3.26. The summed E-state index contributed by atoms with van der Waals surface area (Å²) in [5.74, 6) is 0.131. The lowest BCUT2D eigenvalue weighted by atomic mass is 10.3. The SMILES string of the molecule is O=S(=O)(CCN1CCN(c2nccs2)CC1)c1ccc(Cl)cc1. The van der Waals surface area contributed by atoms with Gasteiger partial charge >= 0.3 is 0 Å². The fraction of sp³-hybridized carbons (Fsp3) is 0.400. The first-order valence-corrected chi connectivity index (χ1v) is 10.3. The first-order valence-electron chi connectivity index (χ1n) is 7.40. The number of rotatable bonds is 5. The zero-order valence-corrected chi connectivity index (χ0v) is 14.9. The highest BCUT2D eigenvalue weighted by Crippen LogP contribution is 2.19. The molecule has 2 aromatic rings. The van der Waals surface area contributed by atoms with Crippen molar-refractivity contribution in [3.05, 3.63) is 40.9 Å². The van der Waals surface area contributed by atoms with Crippen LogP contribution in [0.15, 0.2) is 40.7 Å². The van der Waals surface area contributed by atoms with Crippen molar-refractivity contribution >= 4 is 37.9 Å². The summed E-state index contributed by atoms with van der Waals surface area (Å²) in [4.78, 5) is 9.09. The number of sulfone groups is 1. The Balaban J connectivity index is 1.52. The lowest BCUT2D eigenvalue weighted by Gasteiger charge is -2.34. The van der Waals surface area contributed by atoms with Crippen LogP contribution in [0.2, 0.25) is 5.02 Å². The highest BCUT2D eigenvalue weighted by atomic mass is 35.5. The Kier molecular flexibility index (Phi) is 5.21. The smallest absolute Gasteiger partial charge is 0.185 e. The molecule has 1 aliphatic rings. The van der Waals surface area contributed by atoms with Gasteiger partial charge in [0.05, 0.1) is 10.6 Å². The summed E-state index contributed by atoms with van der Waals surface area (Å²) in [6, 6.07) is 6.36. The van der Waals surface area contributed by atoms with Crippen LogP contribution in [0.5, 0.6) is 0 Å². The maximum atomic E-state index is 12.3. The number of hydrogen-bond acceptors (Lipinski definition) is 6. The van der Waals surface area contributed by atoms with E-state index in [0.29, 0.717) is 16.5 Å². The molecule has 5 nitrogen and oxygen atoms in total. The van der Waals surface area contributed by atoms with Crippen LogP contribution in [0, 0.1) is 0 Å². The van der Waals surface area contributed by atoms with Crippen LogP contribution in [0.1, 0.15) is 0 Å². The standard InChI is InChI=1S/C15H18ClN3O2S2/c16-13-1-3-14(4-2-13)23(20,21)12-10-18-6-8-19(9-7-18)15-17-5-11-22-15/h1-5,11H,6-10,12H2. The Labute approximate surface area is 145 Å². The molecule has 124 valence electrons. The molecule has 1 aromatic carbocycles. The van der Waals surface area contributed by atoms with Gasteiger partial charge in [-0.3, -0.25) is 4.90 Å². The van der Waals surface area contributed by atoms with Crippen LogP contribution >= 0.6 is 22.9 Å². The highest BCUT2D eigenvalue weighted by Gasteiger charge is 2.21. The average Bonchev–Trinajstić information content (AvgIpc) is 3.08. The topological polar surface area (TPSA) is 53.5 Å². The summed E-state index contributed by atoms with van der Waals surface area (Å²) in [6.07, 6.45) is 1.81. The summed E-state index contributed by atoms with van der Waals surface area (Å²) >= 11 is 7.44. The Morgan fingerprint density at radius 3 is 2.43 bits per heavy atom. The molecule has 0 N–H and O–H groups in total. The number of hydrogen-bond donors (Lipinski definition) is 0. The number of benzene rings is 1. The van der Waals surface area contributed by atoms with Gasteiger partial charge in [-0.1, -0.05) is 11.6 Å². The largest absolute Gasteiger partial charge is 0.346 e. The number of piperazine rings is 1. The minimum Gasteiger partial charge on any atom is -0.346 e. The second-order valence-corrected chi connectivity index (χ2v) is 8.83.